The maximum atomic E-state index is 12.7. The molecule has 0 saturated heterocycles. The smallest absolute Gasteiger partial charge is 0.468 e. The molecule has 0 amide bonds. The minimum Gasteiger partial charge on any atom is -0.468 e. The molecule has 1 aromatic rings. The Labute approximate surface area is 242 Å². The minimum absolute atomic E-state index is 0.0264. The average molecular weight is 584 g/mol. The number of esters is 1. The van der Waals surface area contributed by atoms with Crippen molar-refractivity contribution in [1.82, 2.24) is 0 Å². The molecule has 232 valence electrons. The van der Waals surface area contributed by atoms with E-state index in [4.69, 9.17) is 38.9 Å². The standard InChI is InChI=1S/C29H45NO11/c1-10-13-36-26(32)37-19(6)15-29(30,25(31)35-9)16-22-11-12-23(40-27(33)38-20(7)17(2)3)24(14-22)41-28(34)39-21(8)18(4)5/h11-12,14,17-21H,10,13,15-16,30H2,1-9H3/t19-,20-,21?,29?/m0/s1. The van der Waals surface area contributed by atoms with E-state index in [0.717, 1.165) is 0 Å². The molecule has 2 unspecified atom stereocenters. The summed E-state index contributed by atoms with van der Waals surface area (Å²) in [4.78, 5) is 49.5. The summed E-state index contributed by atoms with van der Waals surface area (Å²) >= 11 is 0. The van der Waals surface area contributed by atoms with Crippen molar-refractivity contribution in [2.24, 2.45) is 17.6 Å². The van der Waals surface area contributed by atoms with Crippen molar-refractivity contribution in [1.29, 1.82) is 0 Å². The van der Waals surface area contributed by atoms with Gasteiger partial charge in [0.25, 0.3) is 0 Å². The molecular weight excluding hydrogens is 538 g/mol. The van der Waals surface area contributed by atoms with Gasteiger partial charge in [0.15, 0.2) is 11.5 Å². The summed E-state index contributed by atoms with van der Waals surface area (Å²) in [6.07, 6.45) is -4.16. The zero-order valence-corrected chi connectivity index (χ0v) is 25.5. The molecule has 0 heterocycles. The van der Waals surface area contributed by atoms with Crippen LogP contribution in [-0.2, 0) is 34.9 Å². The highest BCUT2D eigenvalue weighted by Gasteiger charge is 2.38. The lowest BCUT2D eigenvalue weighted by atomic mass is 9.86. The molecule has 0 aromatic heterocycles. The zero-order valence-electron chi connectivity index (χ0n) is 25.5. The van der Waals surface area contributed by atoms with Gasteiger partial charge in [-0.2, -0.15) is 0 Å². The number of hydrogen-bond donors (Lipinski definition) is 1. The molecule has 12 heteroatoms. The predicted octanol–water partition coefficient (Wildman–Crippen LogP) is 5.56. The Morgan fingerprint density at radius 3 is 1.83 bits per heavy atom. The number of hydrogen-bond acceptors (Lipinski definition) is 12. The fourth-order valence-corrected chi connectivity index (χ4v) is 3.36. The van der Waals surface area contributed by atoms with Crippen LogP contribution in [0.5, 0.6) is 11.5 Å². The van der Waals surface area contributed by atoms with E-state index in [1.54, 1.807) is 20.8 Å². The molecule has 1 rings (SSSR count). The molecular formula is C29H45NO11. The van der Waals surface area contributed by atoms with Gasteiger partial charge in [-0.25, -0.2) is 14.4 Å². The summed E-state index contributed by atoms with van der Waals surface area (Å²) in [6.45, 7) is 14.5. The van der Waals surface area contributed by atoms with E-state index >= 15 is 0 Å². The number of nitrogens with two attached hydrogens (primary N) is 1. The Kier molecular flexibility index (Phi) is 14.4. The summed E-state index contributed by atoms with van der Waals surface area (Å²) in [5.41, 5.74) is 5.25. The normalized spacial score (nSPS) is 14.7. The van der Waals surface area contributed by atoms with Gasteiger partial charge in [-0.3, -0.25) is 4.79 Å². The number of rotatable bonds is 14. The Balaban J connectivity index is 3.28. The highest BCUT2D eigenvalue weighted by molar-refractivity contribution is 5.81. The lowest BCUT2D eigenvalue weighted by Crippen LogP contribution is -2.53. The quantitative estimate of drug-likeness (QED) is 0.165. The molecule has 1 aromatic carbocycles. The Hall–Kier alpha value is -3.54. The molecule has 0 fully saturated rings. The summed E-state index contributed by atoms with van der Waals surface area (Å²) < 4.78 is 36.3. The van der Waals surface area contributed by atoms with Crippen molar-refractivity contribution >= 4 is 24.4 Å². The second kappa shape index (κ2) is 16.7. The SMILES string of the molecule is CCCOC(=O)O[C@@H](C)CC(N)(Cc1ccc(OC(=O)O[C@@H](C)C(C)C)c(OC(=O)OC(C)C(C)C)c1)C(=O)OC. The van der Waals surface area contributed by atoms with Crippen LogP contribution in [0.1, 0.15) is 73.8 Å². The number of carbonyl (C=O) groups excluding carboxylic acids is 4. The van der Waals surface area contributed by atoms with Crippen molar-refractivity contribution < 1.29 is 52.3 Å². The number of benzene rings is 1. The Morgan fingerprint density at radius 1 is 0.805 bits per heavy atom. The first-order chi connectivity index (χ1) is 19.1. The van der Waals surface area contributed by atoms with Gasteiger partial charge in [-0.1, -0.05) is 40.7 Å². The first-order valence-electron chi connectivity index (χ1n) is 13.7. The van der Waals surface area contributed by atoms with Crippen molar-refractivity contribution in [3.05, 3.63) is 23.8 Å². The van der Waals surface area contributed by atoms with Crippen LogP contribution < -0.4 is 15.2 Å². The van der Waals surface area contributed by atoms with Crippen LogP contribution in [0.15, 0.2) is 18.2 Å². The summed E-state index contributed by atoms with van der Waals surface area (Å²) in [5, 5.41) is 0. The van der Waals surface area contributed by atoms with Crippen LogP contribution in [0, 0.1) is 11.8 Å². The van der Waals surface area contributed by atoms with Gasteiger partial charge < -0.3 is 38.9 Å². The number of carbonyl (C=O) groups is 4. The molecule has 0 saturated carbocycles. The first kappa shape index (κ1) is 35.5. The third-order valence-electron chi connectivity index (χ3n) is 6.32. The molecule has 4 atom stereocenters. The number of ether oxygens (including phenoxy) is 7. The van der Waals surface area contributed by atoms with E-state index in [-0.39, 0.29) is 42.8 Å². The van der Waals surface area contributed by atoms with Crippen molar-refractivity contribution in [2.75, 3.05) is 13.7 Å². The molecule has 41 heavy (non-hydrogen) atoms. The van der Waals surface area contributed by atoms with Gasteiger partial charge >= 0.3 is 24.4 Å². The maximum absolute atomic E-state index is 12.7. The van der Waals surface area contributed by atoms with Crippen LogP contribution in [0.4, 0.5) is 14.4 Å². The molecule has 0 aliphatic carbocycles. The average Bonchev–Trinajstić information content (AvgIpc) is 2.87. The van der Waals surface area contributed by atoms with Gasteiger partial charge in [-0.15, -0.1) is 0 Å². The van der Waals surface area contributed by atoms with Crippen LogP contribution in [-0.4, -0.2) is 62.0 Å². The van der Waals surface area contributed by atoms with Crippen molar-refractivity contribution in [3.63, 3.8) is 0 Å². The first-order valence-corrected chi connectivity index (χ1v) is 13.7. The molecule has 0 radical (unpaired) electrons. The lowest BCUT2D eigenvalue weighted by Gasteiger charge is -2.29. The van der Waals surface area contributed by atoms with E-state index in [9.17, 15) is 19.2 Å². The van der Waals surface area contributed by atoms with Crippen LogP contribution in [0.2, 0.25) is 0 Å². The van der Waals surface area contributed by atoms with E-state index < -0.39 is 48.3 Å². The highest BCUT2D eigenvalue weighted by Crippen LogP contribution is 2.32. The number of methoxy groups -OCH3 is 1. The zero-order chi connectivity index (χ0) is 31.3. The van der Waals surface area contributed by atoms with E-state index in [1.807, 2.05) is 34.6 Å². The van der Waals surface area contributed by atoms with E-state index in [0.29, 0.717) is 12.0 Å². The summed E-state index contributed by atoms with van der Waals surface area (Å²) in [6, 6.07) is 4.31. The van der Waals surface area contributed by atoms with Gasteiger partial charge in [-0.05, 0) is 56.7 Å². The maximum Gasteiger partial charge on any atom is 0.514 e. The fraction of sp³-hybridized carbons (Fsp3) is 0.655. The molecule has 2 N–H and O–H groups in total. The molecule has 0 spiro atoms. The fourth-order valence-electron chi connectivity index (χ4n) is 3.36. The van der Waals surface area contributed by atoms with Gasteiger partial charge in [0.2, 0.25) is 0 Å². The Morgan fingerprint density at radius 2 is 1.34 bits per heavy atom. The van der Waals surface area contributed by atoms with Gasteiger partial charge in [0.05, 0.1) is 13.7 Å². The second-order valence-electron chi connectivity index (χ2n) is 10.7. The molecule has 0 bridgehead atoms. The highest BCUT2D eigenvalue weighted by atomic mass is 16.8. The third kappa shape index (κ3) is 12.2. The van der Waals surface area contributed by atoms with Crippen molar-refractivity contribution in [3.8, 4) is 11.5 Å². The monoisotopic (exact) mass is 583 g/mol. The summed E-state index contributed by atoms with van der Waals surface area (Å²) in [7, 11) is 1.19. The second-order valence-corrected chi connectivity index (χ2v) is 10.7. The topological polar surface area (TPSA) is 159 Å². The molecule has 0 aliphatic heterocycles. The van der Waals surface area contributed by atoms with Crippen molar-refractivity contribution in [2.45, 2.75) is 98.5 Å². The molecule has 12 nitrogen and oxygen atoms in total. The van der Waals surface area contributed by atoms with Crippen LogP contribution in [0.25, 0.3) is 0 Å². The van der Waals surface area contributed by atoms with Crippen LogP contribution in [0.3, 0.4) is 0 Å². The van der Waals surface area contributed by atoms with Gasteiger partial charge in [0.1, 0.15) is 23.9 Å². The lowest BCUT2D eigenvalue weighted by molar-refractivity contribution is -0.148. The van der Waals surface area contributed by atoms with E-state index in [2.05, 4.69) is 0 Å². The van der Waals surface area contributed by atoms with Crippen LogP contribution >= 0.6 is 0 Å². The van der Waals surface area contributed by atoms with E-state index in [1.165, 1.54) is 25.3 Å². The van der Waals surface area contributed by atoms with Gasteiger partial charge in [0, 0.05) is 12.8 Å². The Bertz CT molecular complexity index is 1030. The third-order valence-corrected chi connectivity index (χ3v) is 6.32. The largest absolute Gasteiger partial charge is 0.514 e. The summed E-state index contributed by atoms with van der Waals surface area (Å²) in [5.74, 6) is -0.950. The molecule has 0 aliphatic rings. The minimum atomic E-state index is -1.64. The predicted molar refractivity (Wildman–Crippen MR) is 149 cm³/mol.